The number of aromatic nitrogens is 1. The number of rotatable bonds is 1. The largest absolute Gasteiger partial charge is 0.464 e. The van der Waals surface area contributed by atoms with Gasteiger partial charge in [0.15, 0.2) is 0 Å². The van der Waals surface area contributed by atoms with Crippen LogP contribution in [0.1, 0.15) is 10.5 Å². The van der Waals surface area contributed by atoms with Gasteiger partial charge in [0, 0.05) is 22.0 Å². The summed E-state index contributed by atoms with van der Waals surface area (Å²) in [6.07, 6.45) is 1.75. The molecule has 2 rings (SSSR count). The van der Waals surface area contributed by atoms with Crippen molar-refractivity contribution in [3.63, 3.8) is 0 Å². The van der Waals surface area contributed by atoms with E-state index in [1.807, 2.05) is 6.07 Å². The summed E-state index contributed by atoms with van der Waals surface area (Å²) >= 11 is 5.83. The molecule has 0 saturated carbocycles. The molecular weight excluding hydrogens is 202 g/mol. The Balaban J connectivity index is 2.67. The van der Waals surface area contributed by atoms with Crippen LogP contribution < -0.4 is 0 Å². The lowest BCUT2D eigenvalue weighted by atomic mass is 10.2. The molecule has 0 fully saturated rings. The van der Waals surface area contributed by atoms with E-state index in [-0.39, 0.29) is 5.97 Å². The first-order valence-corrected chi connectivity index (χ1v) is 4.45. The van der Waals surface area contributed by atoms with Crippen LogP contribution in [-0.4, -0.2) is 18.1 Å². The average Bonchev–Trinajstić information content (AvgIpc) is 2.59. The highest BCUT2D eigenvalue weighted by Crippen LogP contribution is 2.22. The third-order valence-electron chi connectivity index (χ3n) is 2.05. The number of halogens is 1. The van der Waals surface area contributed by atoms with Crippen LogP contribution in [0.3, 0.4) is 0 Å². The number of H-pyrrole nitrogens is 1. The molecule has 14 heavy (non-hydrogen) atoms. The topological polar surface area (TPSA) is 42.1 Å². The minimum Gasteiger partial charge on any atom is -0.464 e. The van der Waals surface area contributed by atoms with Gasteiger partial charge in [-0.15, -0.1) is 0 Å². The Labute approximate surface area is 85.6 Å². The van der Waals surface area contributed by atoms with Crippen molar-refractivity contribution < 1.29 is 9.53 Å². The van der Waals surface area contributed by atoms with Crippen molar-refractivity contribution in [3.8, 4) is 0 Å². The number of aromatic amines is 1. The lowest BCUT2D eigenvalue weighted by Crippen LogP contribution is -2.01. The van der Waals surface area contributed by atoms with Gasteiger partial charge in [-0.25, -0.2) is 4.79 Å². The molecule has 2 aromatic rings. The second-order valence-electron chi connectivity index (χ2n) is 2.89. The fourth-order valence-electron chi connectivity index (χ4n) is 1.37. The van der Waals surface area contributed by atoms with E-state index in [1.165, 1.54) is 7.11 Å². The molecule has 72 valence electrons. The molecule has 1 aromatic carbocycles. The first-order chi connectivity index (χ1) is 6.72. The summed E-state index contributed by atoms with van der Waals surface area (Å²) in [4.78, 5) is 14.2. The van der Waals surface area contributed by atoms with Crippen LogP contribution in [0.4, 0.5) is 0 Å². The van der Waals surface area contributed by atoms with Gasteiger partial charge in [0.2, 0.25) is 0 Å². The molecule has 0 saturated heterocycles. The molecule has 3 nitrogen and oxygen atoms in total. The Morgan fingerprint density at radius 1 is 1.50 bits per heavy atom. The second-order valence-corrected chi connectivity index (χ2v) is 3.32. The summed E-state index contributed by atoms with van der Waals surface area (Å²) in [6.45, 7) is 0. The van der Waals surface area contributed by atoms with Gasteiger partial charge in [-0.2, -0.15) is 0 Å². The maximum atomic E-state index is 11.3. The maximum Gasteiger partial charge on any atom is 0.355 e. The minimum atomic E-state index is -0.387. The van der Waals surface area contributed by atoms with E-state index in [1.54, 1.807) is 18.3 Å². The van der Waals surface area contributed by atoms with Crippen molar-refractivity contribution in [2.45, 2.75) is 0 Å². The van der Waals surface area contributed by atoms with E-state index >= 15 is 0 Å². The molecule has 0 radical (unpaired) electrons. The number of hydrogen-bond donors (Lipinski definition) is 1. The van der Waals surface area contributed by atoms with Gasteiger partial charge in [0.25, 0.3) is 0 Å². The normalized spacial score (nSPS) is 10.4. The van der Waals surface area contributed by atoms with E-state index in [2.05, 4.69) is 9.72 Å². The average molecular weight is 210 g/mol. The zero-order valence-corrected chi connectivity index (χ0v) is 8.26. The number of hydrogen-bond acceptors (Lipinski definition) is 2. The van der Waals surface area contributed by atoms with Crippen LogP contribution in [-0.2, 0) is 4.74 Å². The lowest BCUT2D eigenvalue weighted by Gasteiger charge is -1.96. The first kappa shape index (κ1) is 9.09. The van der Waals surface area contributed by atoms with Crippen LogP contribution in [0.2, 0.25) is 5.02 Å². The summed E-state index contributed by atoms with van der Waals surface area (Å²) < 4.78 is 4.63. The molecule has 4 heteroatoms. The fourth-order valence-corrected chi connectivity index (χ4v) is 1.54. The van der Waals surface area contributed by atoms with Crippen LogP contribution in [0.5, 0.6) is 0 Å². The third-order valence-corrected chi connectivity index (χ3v) is 2.28. The van der Waals surface area contributed by atoms with E-state index in [0.717, 1.165) is 10.8 Å². The monoisotopic (exact) mass is 209 g/mol. The number of fused-ring (bicyclic) bond motifs is 1. The number of nitrogens with one attached hydrogen (secondary N) is 1. The summed E-state index contributed by atoms with van der Waals surface area (Å²) in [5.41, 5.74) is 0.435. The fraction of sp³-hybridized carbons (Fsp3) is 0.100. The highest BCUT2D eigenvalue weighted by atomic mass is 35.5. The number of carbonyl (C=O) groups excluding carboxylic acids is 1. The molecule has 0 unspecified atom stereocenters. The second kappa shape index (κ2) is 3.35. The molecule has 0 atom stereocenters. The summed E-state index contributed by atoms with van der Waals surface area (Å²) in [7, 11) is 1.35. The van der Waals surface area contributed by atoms with Crippen molar-refractivity contribution in [3.05, 3.63) is 35.1 Å². The predicted molar refractivity (Wildman–Crippen MR) is 54.6 cm³/mol. The zero-order chi connectivity index (χ0) is 10.1. The smallest absolute Gasteiger partial charge is 0.355 e. The molecule has 1 heterocycles. The van der Waals surface area contributed by atoms with Crippen molar-refractivity contribution in [1.82, 2.24) is 4.98 Å². The van der Waals surface area contributed by atoms with Crippen molar-refractivity contribution in [1.29, 1.82) is 0 Å². The summed E-state index contributed by atoms with van der Waals surface area (Å²) in [5, 5.41) is 2.32. The number of ether oxygens (including phenoxy) is 1. The predicted octanol–water partition coefficient (Wildman–Crippen LogP) is 2.61. The lowest BCUT2D eigenvalue weighted by molar-refractivity contribution is 0.0597. The van der Waals surface area contributed by atoms with E-state index in [4.69, 9.17) is 11.6 Å². The van der Waals surface area contributed by atoms with E-state index in [9.17, 15) is 4.79 Å². The molecule has 0 amide bonds. The van der Waals surface area contributed by atoms with Gasteiger partial charge in [-0.05, 0) is 12.1 Å². The van der Waals surface area contributed by atoms with E-state index < -0.39 is 0 Å². The van der Waals surface area contributed by atoms with E-state index in [0.29, 0.717) is 10.7 Å². The molecular formula is C10H8ClNO2. The van der Waals surface area contributed by atoms with Crippen molar-refractivity contribution in [2.75, 3.05) is 7.11 Å². The van der Waals surface area contributed by atoms with Gasteiger partial charge < -0.3 is 9.72 Å². The minimum absolute atomic E-state index is 0.387. The number of esters is 1. The Morgan fingerprint density at radius 2 is 2.29 bits per heavy atom. The molecule has 1 N–H and O–H groups in total. The van der Waals surface area contributed by atoms with Gasteiger partial charge in [-0.3, -0.25) is 0 Å². The Bertz CT molecular complexity index is 490. The molecule has 0 aliphatic heterocycles. The standard InChI is InChI=1S/C10H8ClNO2/c1-14-10(13)9-8-4-7(11)3-2-6(8)5-12-9/h2-5,12H,1H3. The molecule has 0 aliphatic rings. The van der Waals surface area contributed by atoms with Crippen LogP contribution in [0.25, 0.3) is 10.8 Å². The quantitative estimate of drug-likeness (QED) is 0.734. The maximum absolute atomic E-state index is 11.3. The van der Waals surface area contributed by atoms with Crippen molar-refractivity contribution in [2.24, 2.45) is 0 Å². The highest BCUT2D eigenvalue weighted by Gasteiger charge is 2.11. The number of benzene rings is 1. The van der Waals surface area contributed by atoms with Crippen LogP contribution >= 0.6 is 11.6 Å². The Hall–Kier alpha value is -1.48. The van der Waals surface area contributed by atoms with Crippen molar-refractivity contribution >= 4 is 28.3 Å². The highest BCUT2D eigenvalue weighted by molar-refractivity contribution is 6.31. The van der Waals surface area contributed by atoms with Gasteiger partial charge in [0.05, 0.1) is 7.11 Å². The zero-order valence-electron chi connectivity index (χ0n) is 7.50. The number of carbonyl (C=O) groups is 1. The number of methoxy groups -OCH3 is 1. The van der Waals surface area contributed by atoms with Crippen LogP contribution in [0, 0.1) is 0 Å². The summed E-state index contributed by atoms with van der Waals surface area (Å²) in [5.74, 6) is -0.387. The Morgan fingerprint density at radius 3 is 3.00 bits per heavy atom. The molecule has 0 spiro atoms. The SMILES string of the molecule is COC(=O)c1[nH]cc2ccc(Cl)cc12. The Kier molecular flexibility index (Phi) is 2.17. The first-order valence-electron chi connectivity index (χ1n) is 4.07. The molecule has 1 aromatic heterocycles. The van der Waals surface area contributed by atoms with Gasteiger partial charge in [-0.1, -0.05) is 17.7 Å². The third kappa shape index (κ3) is 1.36. The summed E-state index contributed by atoms with van der Waals surface area (Å²) in [6, 6.07) is 5.36. The van der Waals surface area contributed by atoms with Gasteiger partial charge in [0.1, 0.15) is 5.69 Å². The van der Waals surface area contributed by atoms with Crippen LogP contribution in [0.15, 0.2) is 24.4 Å². The molecule has 0 aliphatic carbocycles. The van der Waals surface area contributed by atoms with Gasteiger partial charge >= 0.3 is 5.97 Å². The molecule has 0 bridgehead atoms.